The lowest BCUT2D eigenvalue weighted by Gasteiger charge is -2.35. The SMILES string of the molecule is CCCCOC(=O)c1ccc(NC(=O)C[N+](C)(C)C2CCCC2)cc1. The highest BCUT2D eigenvalue weighted by molar-refractivity contribution is 5.93. The summed E-state index contributed by atoms with van der Waals surface area (Å²) in [5.41, 5.74) is 1.22. The molecule has 5 heteroatoms. The van der Waals surface area contributed by atoms with Crippen molar-refractivity contribution in [3.8, 4) is 0 Å². The first kappa shape index (κ1) is 19.4. The molecule has 0 heterocycles. The average Bonchev–Trinajstić information content (AvgIpc) is 3.10. The molecule has 0 unspecified atom stereocenters. The predicted molar refractivity (Wildman–Crippen MR) is 99.5 cm³/mol. The molecule has 1 aliphatic rings. The second-order valence-corrected chi connectivity index (χ2v) is 7.49. The van der Waals surface area contributed by atoms with Crippen molar-refractivity contribution >= 4 is 17.6 Å². The van der Waals surface area contributed by atoms with Gasteiger partial charge in [-0.1, -0.05) is 13.3 Å². The van der Waals surface area contributed by atoms with Gasteiger partial charge in [0.1, 0.15) is 0 Å². The molecule has 0 aliphatic heterocycles. The van der Waals surface area contributed by atoms with Crippen molar-refractivity contribution in [2.45, 2.75) is 51.5 Å². The van der Waals surface area contributed by atoms with Crippen LogP contribution in [-0.2, 0) is 9.53 Å². The van der Waals surface area contributed by atoms with E-state index in [2.05, 4.69) is 26.3 Å². The molecule has 0 spiro atoms. The highest BCUT2D eigenvalue weighted by atomic mass is 16.5. The van der Waals surface area contributed by atoms with Gasteiger partial charge in [-0.2, -0.15) is 0 Å². The largest absolute Gasteiger partial charge is 0.462 e. The fourth-order valence-electron chi connectivity index (χ4n) is 3.39. The molecule has 0 atom stereocenters. The van der Waals surface area contributed by atoms with Crippen molar-refractivity contribution in [2.75, 3.05) is 32.6 Å². The molecule has 138 valence electrons. The highest BCUT2D eigenvalue weighted by Gasteiger charge is 2.32. The first-order valence-electron chi connectivity index (χ1n) is 9.32. The van der Waals surface area contributed by atoms with Crippen molar-refractivity contribution in [3.05, 3.63) is 29.8 Å². The number of benzene rings is 1. The molecule has 1 aliphatic carbocycles. The summed E-state index contributed by atoms with van der Waals surface area (Å²) in [5.74, 6) is -0.305. The molecule has 25 heavy (non-hydrogen) atoms. The van der Waals surface area contributed by atoms with Gasteiger partial charge >= 0.3 is 5.97 Å². The molecule has 0 radical (unpaired) electrons. The standard InChI is InChI=1S/C20H30N2O3/c1-4-5-14-25-20(24)16-10-12-17(13-11-16)21-19(23)15-22(2,3)18-8-6-7-9-18/h10-13,18H,4-9,14-15H2,1-3H3/p+1. The van der Waals surface area contributed by atoms with Gasteiger partial charge in [0.05, 0.1) is 32.3 Å². The Morgan fingerprint density at radius 3 is 2.40 bits per heavy atom. The van der Waals surface area contributed by atoms with E-state index >= 15 is 0 Å². The van der Waals surface area contributed by atoms with Crippen LogP contribution in [0.5, 0.6) is 0 Å². The summed E-state index contributed by atoms with van der Waals surface area (Å²) in [6.07, 6.45) is 6.81. The lowest BCUT2D eigenvalue weighted by Crippen LogP contribution is -2.51. The van der Waals surface area contributed by atoms with Crippen LogP contribution in [0, 0.1) is 0 Å². The van der Waals surface area contributed by atoms with E-state index < -0.39 is 0 Å². The summed E-state index contributed by atoms with van der Waals surface area (Å²) in [4.78, 5) is 24.2. The number of hydrogen-bond donors (Lipinski definition) is 1. The molecule has 0 bridgehead atoms. The zero-order valence-corrected chi connectivity index (χ0v) is 15.7. The summed E-state index contributed by atoms with van der Waals surface area (Å²) >= 11 is 0. The number of quaternary nitrogens is 1. The van der Waals surface area contributed by atoms with Crippen molar-refractivity contribution < 1.29 is 18.8 Å². The summed E-state index contributed by atoms with van der Waals surface area (Å²) in [6.45, 7) is 2.96. The van der Waals surface area contributed by atoms with E-state index in [0.29, 0.717) is 30.4 Å². The number of carbonyl (C=O) groups excluding carboxylic acids is 2. The van der Waals surface area contributed by atoms with Crippen LogP contribution >= 0.6 is 0 Å². The fraction of sp³-hybridized carbons (Fsp3) is 0.600. The Kier molecular flexibility index (Phi) is 7.00. The van der Waals surface area contributed by atoms with E-state index in [1.54, 1.807) is 24.3 Å². The maximum absolute atomic E-state index is 12.4. The topological polar surface area (TPSA) is 55.4 Å². The van der Waals surface area contributed by atoms with Gasteiger partial charge in [-0.3, -0.25) is 4.79 Å². The highest BCUT2D eigenvalue weighted by Crippen LogP contribution is 2.26. The van der Waals surface area contributed by atoms with Gasteiger partial charge < -0.3 is 14.5 Å². The van der Waals surface area contributed by atoms with Gasteiger partial charge in [-0.15, -0.1) is 0 Å². The van der Waals surface area contributed by atoms with E-state index in [1.807, 2.05) is 0 Å². The molecule has 1 N–H and O–H groups in total. The number of likely N-dealkylation sites (N-methyl/N-ethyl adjacent to an activating group) is 1. The third kappa shape index (κ3) is 5.85. The molecule has 1 aromatic rings. The van der Waals surface area contributed by atoms with Gasteiger partial charge in [0.25, 0.3) is 5.91 Å². The number of rotatable bonds is 8. The number of nitrogens with zero attached hydrogens (tertiary/aromatic N) is 1. The van der Waals surface area contributed by atoms with Crippen LogP contribution in [0.2, 0.25) is 0 Å². The van der Waals surface area contributed by atoms with Gasteiger partial charge in [0.15, 0.2) is 6.54 Å². The third-order valence-corrected chi connectivity index (χ3v) is 5.00. The number of hydrogen-bond acceptors (Lipinski definition) is 3. The van der Waals surface area contributed by atoms with Crippen LogP contribution in [0.1, 0.15) is 55.8 Å². The Bertz CT molecular complexity index is 575. The summed E-state index contributed by atoms with van der Waals surface area (Å²) in [7, 11) is 4.26. The Morgan fingerprint density at radius 1 is 1.16 bits per heavy atom. The number of esters is 1. The second kappa shape index (κ2) is 8.99. The maximum atomic E-state index is 12.4. The number of carbonyl (C=O) groups is 2. The second-order valence-electron chi connectivity index (χ2n) is 7.49. The van der Waals surface area contributed by atoms with Gasteiger partial charge in [-0.25, -0.2) is 4.79 Å². The number of nitrogens with one attached hydrogen (secondary N) is 1. The van der Waals surface area contributed by atoms with E-state index in [0.717, 1.165) is 17.3 Å². The molecule has 0 aromatic heterocycles. The number of unbranched alkanes of at least 4 members (excludes halogenated alkanes) is 1. The fourth-order valence-corrected chi connectivity index (χ4v) is 3.39. The van der Waals surface area contributed by atoms with Gasteiger partial charge in [0.2, 0.25) is 0 Å². The van der Waals surface area contributed by atoms with Gasteiger partial charge in [-0.05, 0) is 56.4 Å². The first-order chi connectivity index (χ1) is 11.9. The van der Waals surface area contributed by atoms with E-state index in [1.165, 1.54) is 25.7 Å². The smallest absolute Gasteiger partial charge is 0.338 e. The summed E-state index contributed by atoms with van der Waals surface area (Å²) in [5, 5.41) is 2.93. The predicted octanol–water partition coefficient (Wildman–Crippen LogP) is 3.60. The Hall–Kier alpha value is -1.88. The molecule has 0 saturated heterocycles. The molecular weight excluding hydrogens is 316 g/mol. The minimum Gasteiger partial charge on any atom is -0.462 e. The molecule has 1 saturated carbocycles. The molecule has 1 aromatic carbocycles. The van der Waals surface area contributed by atoms with Crippen molar-refractivity contribution in [1.82, 2.24) is 0 Å². The van der Waals surface area contributed by atoms with Crippen LogP contribution in [0.3, 0.4) is 0 Å². The van der Waals surface area contributed by atoms with Gasteiger partial charge in [0, 0.05) is 5.69 Å². The molecule has 1 amide bonds. The minimum absolute atomic E-state index is 0.00942. The van der Waals surface area contributed by atoms with Crippen LogP contribution in [-0.4, -0.2) is 49.6 Å². The van der Waals surface area contributed by atoms with Crippen LogP contribution in [0.4, 0.5) is 5.69 Å². The van der Waals surface area contributed by atoms with Crippen molar-refractivity contribution in [1.29, 1.82) is 0 Å². The van der Waals surface area contributed by atoms with E-state index in [-0.39, 0.29) is 11.9 Å². The average molecular weight is 347 g/mol. The number of anilines is 1. The van der Waals surface area contributed by atoms with Crippen LogP contribution in [0.15, 0.2) is 24.3 Å². The Balaban J connectivity index is 1.85. The maximum Gasteiger partial charge on any atom is 0.338 e. The zero-order chi connectivity index (χ0) is 18.3. The normalized spacial score (nSPS) is 15.2. The summed E-state index contributed by atoms with van der Waals surface area (Å²) < 4.78 is 5.91. The Labute approximate surface area is 150 Å². The molecule has 1 fully saturated rings. The van der Waals surface area contributed by atoms with Crippen molar-refractivity contribution in [3.63, 3.8) is 0 Å². The quantitative estimate of drug-likeness (QED) is 0.444. The van der Waals surface area contributed by atoms with E-state index in [9.17, 15) is 9.59 Å². The molecule has 5 nitrogen and oxygen atoms in total. The monoisotopic (exact) mass is 347 g/mol. The third-order valence-electron chi connectivity index (χ3n) is 5.00. The van der Waals surface area contributed by atoms with Crippen molar-refractivity contribution in [2.24, 2.45) is 0 Å². The minimum atomic E-state index is -0.314. The lowest BCUT2D eigenvalue weighted by atomic mass is 10.2. The number of amides is 1. The lowest BCUT2D eigenvalue weighted by molar-refractivity contribution is -0.906. The van der Waals surface area contributed by atoms with E-state index in [4.69, 9.17) is 4.74 Å². The van der Waals surface area contributed by atoms with Crippen LogP contribution in [0.25, 0.3) is 0 Å². The molecular formula is C20H31N2O3+. The zero-order valence-electron chi connectivity index (χ0n) is 15.7. The Morgan fingerprint density at radius 2 is 1.80 bits per heavy atom. The number of ether oxygens (including phenoxy) is 1. The van der Waals surface area contributed by atoms with Crippen LogP contribution < -0.4 is 5.32 Å². The molecule has 2 rings (SSSR count). The first-order valence-corrected chi connectivity index (χ1v) is 9.32. The summed E-state index contributed by atoms with van der Waals surface area (Å²) in [6, 6.07) is 7.47.